The van der Waals surface area contributed by atoms with Crippen molar-refractivity contribution < 1.29 is 4.74 Å². The normalized spacial score (nSPS) is 20.9. The Labute approximate surface area is 114 Å². The van der Waals surface area contributed by atoms with Crippen LogP contribution in [0.3, 0.4) is 0 Å². The lowest BCUT2D eigenvalue weighted by atomic mass is 10.1. The molecule has 1 aliphatic rings. The topological polar surface area (TPSA) is 24.5 Å². The van der Waals surface area contributed by atoms with Gasteiger partial charge in [0.2, 0.25) is 0 Å². The first-order valence-corrected chi connectivity index (χ1v) is 6.93. The van der Waals surface area contributed by atoms with E-state index in [0.717, 1.165) is 30.5 Å². The van der Waals surface area contributed by atoms with Crippen LogP contribution in [-0.4, -0.2) is 44.2 Å². The van der Waals surface area contributed by atoms with Crippen molar-refractivity contribution in [1.82, 2.24) is 10.2 Å². The number of nitrogens with zero attached hydrogens (tertiary/aromatic N) is 1. The van der Waals surface area contributed by atoms with Gasteiger partial charge >= 0.3 is 0 Å². The van der Waals surface area contributed by atoms with Gasteiger partial charge in [-0.2, -0.15) is 0 Å². The van der Waals surface area contributed by atoms with E-state index in [0.29, 0.717) is 6.04 Å². The molecule has 1 fully saturated rings. The van der Waals surface area contributed by atoms with Crippen LogP contribution in [0.25, 0.3) is 0 Å². The molecule has 0 radical (unpaired) electrons. The van der Waals surface area contributed by atoms with Crippen LogP contribution in [0.2, 0.25) is 5.02 Å². The van der Waals surface area contributed by atoms with E-state index >= 15 is 0 Å². The van der Waals surface area contributed by atoms with Gasteiger partial charge in [0.25, 0.3) is 0 Å². The van der Waals surface area contributed by atoms with Gasteiger partial charge in [0.15, 0.2) is 0 Å². The van der Waals surface area contributed by atoms with Gasteiger partial charge in [-0.3, -0.25) is 4.90 Å². The van der Waals surface area contributed by atoms with Crippen LogP contribution in [0.1, 0.15) is 12.8 Å². The fraction of sp³-hybridized carbons (Fsp3) is 0.571. The van der Waals surface area contributed by atoms with Crippen LogP contribution < -0.4 is 10.1 Å². The predicted octanol–water partition coefficient (Wildman–Crippen LogP) is 2.40. The van der Waals surface area contributed by atoms with Gasteiger partial charge in [0.05, 0.1) is 0 Å². The van der Waals surface area contributed by atoms with Crippen LogP contribution in [0.15, 0.2) is 24.3 Å². The first-order valence-electron chi connectivity index (χ1n) is 6.56. The zero-order valence-corrected chi connectivity index (χ0v) is 11.6. The van der Waals surface area contributed by atoms with E-state index in [1.165, 1.54) is 19.4 Å². The maximum absolute atomic E-state index is 5.83. The lowest BCUT2D eigenvalue weighted by Crippen LogP contribution is -2.45. The predicted molar refractivity (Wildman–Crippen MR) is 75.5 cm³/mol. The Kier molecular flexibility index (Phi) is 5.29. The van der Waals surface area contributed by atoms with Crippen molar-refractivity contribution in [3.8, 4) is 5.75 Å². The molecule has 4 heteroatoms. The molecular formula is C14H21ClN2O. The fourth-order valence-corrected chi connectivity index (χ4v) is 2.44. The molecule has 0 spiro atoms. The first kappa shape index (κ1) is 13.7. The van der Waals surface area contributed by atoms with Gasteiger partial charge in [0, 0.05) is 24.2 Å². The first-order chi connectivity index (χ1) is 8.78. The number of piperidine rings is 1. The molecule has 100 valence electrons. The molecule has 0 amide bonds. The number of benzene rings is 1. The van der Waals surface area contributed by atoms with Crippen molar-refractivity contribution in [2.45, 2.75) is 18.9 Å². The molecule has 3 nitrogen and oxygen atoms in total. The van der Waals surface area contributed by atoms with E-state index in [-0.39, 0.29) is 0 Å². The van der Waals surface area contributed by atoms with Crippen LogP contribution in [0.4, 0.5) is 0 Å². The van der Waals surface area contributed by atoms with Gasteiger partial charge in [-0.05, 0) is 50.7 Å². The van der Waals surface area contributed by atoms with Crippen molar-refractivity contribution in [3.63, 3.8) is 0 Å². The largest absolute Gasteiger partial charge is 0.492 e. The van der Waals surface area contributed by atoms with Crippen molar-refractivity contribution in [3.05, 3.63) is 29.3 Å². The third-order valence-corrected chi connectivity index (χ3v) is 3.66. The second-order valence-corrected chi connectivity index (χ2v) is 5.17. The maximum Gasteiger partial charge on any atom is 0.119 e. The van der Waals surface area contributed by atoms with Gasteiger partial charge in [-0.15, -0.1) is 0 Å². The number of likely N-dealkylation sites (tertiary alicyclic amines) is 1. The number of ether oxygens (including phenoxy) is 1. The SMILES string of the molecule is CNC1CCCN(CCOc2ccc(Cl)cc2)C1. The fourth-order valence-electron chi connectivity index (χ4n) is 2.32. The molecule has 1 atom stereocenters. The minimum absolute atomic E-state index is 0.634. The molecule has 1 heterocycles. The molecule has 0 saturated carbocycles. The van der Waals surface area contributed by atoms with Gasteiger partial charge in [-0.1, -0.05) is 11.6 Å². The molecule has 18 heavy (non-hydrogen) atoms. The van der Waals surface area contributed by atoms with Crippen molar-refractivity contribution in [2.24, 2.45) is 0 Å². The summed E-state index contributed by atoms with van der Waals surface area (Å²) < 4.78 is 5.71. The number of hydrogen-bond donors (Lipinski definition) is 1. The quantitative estimate of drug-likeness (QED) is 0.888. The molecule has 1 aromatic rings. The van der Waals surface area contributed by atoms with Crippen LogP contribution >= 0.6 is 11.6 Å². The summed E-state index contributed by atoms with van der Waals surface area (Å²) >= 11 is 5.83. The summed E-state index contributed by atoms with van der Waals surface area (Å²) in [4.78, 5) is 2.46. The maximum atomic E-state index is 5.83. The molecule has 1 aliphatic heterocycles. The number of hydrogen-bond acceptors (Lipinski definition) is 3. The molecule has 0 aliphatic carbocycles. The van der Waals surface area contributed by atoms with Crippen LogP contribution in [0, 0.1) is 0 Å². The Morgan fingerprint density at radius 3 is 2.89 bits per heavy atom. The van der Waals surface area contributed by atoms with Crippen LogP contribution in [-0.2, 0) is 0 Å². The van der Waals surface area contributed by atoms with Crippen molar-refractivity contribution >= 4 is 11.6 Å². The van der Waals surface area contributed by atoms with E-state index in [4.69, 9.17) is 16.3 Å². The van der Waals surface area contributed by atoms with E-state index in [2.05, 4.69) is 10.2 Å². The summed E-state index contributed by atoms with van der Waals surface area (Å²) in [5.41, 5.74) is 0. The summed E-state index contributed by atoms with van der Waals surface area (Å²) in [6, 6.07) is 8.17. The zero-order chi connectivity index (χ0) is 12.8. The molecule has 1 unspecified atom stereocenters. The highest BCUT2D eigenvalue weighted by Gasteiger charge is 2.17. The highest BCUT2D eigenvalue weighted by molar-refractivity contribution is 6.30. The highest BCUT2D eigenvalue weighted by atomic mass is 35.5. The Morgan fingerprint density at radius 2 is 2.17 bits per heavy atom. The van der Waals surface area contributed by atoms with E-state index in [1.54, 1.807) is 0 Å². The van der Waals surface area contributed by atoms with E-state index < -0.39 is 0 Å². The second kappa shape index (κ2) is 6.98. The van der Waals surface area contributed by atoms with E-state index in [9.17, 15) is 0 Å². The minimum Gasteiger partial charge on any atom is -0.492 e. The minimum atomic E-state index is 0.634. The summed E-state index contributed by atoms with van der Waals surface area (Å²) in [5.74, 6) is 0.890. The van der Waals surface area contributed by atoms with Crippen molar-refractivity contribution in [2.75, 3.05) is 33.3 Å². The Hall–Kier alpha value is -0.770. The smallest absolute Gasteiger partial charge is 0.119 e. The summed E-state index contributed by atoms with van der Waals surface area (Å²) in [6.07, 6.45) is 2.55. The summed E-state index contributed by atoms with van der Waals surface area (Å²) in [7, 11) is 2.04. The number of nitrogens with one attached hydrogen (secondary N) is 1. The molecule has 1 saturated heterocycles. The molecule has 1 N–H and O–H groups in total. The molecular weight excluding hydrogens is 248 g/mol. The number of halogens is 1. The van der Waals surface area contributed by atoms with E-state index in [1.807, 2.05) is 31.3 Å². The Morgan fingerprint density at radius 1 is 1.39 bits per heavy atom. The Balaban J connectivity index is 1.70. The third kappa shape index (κ3) is 4.16. The Bertz CT molecular complexity index is 355. The van der Waals surface area contributed by atoms with Gasteiger partial charge in [0.1, 0.15) is 12.4 Å². The molecule has 0 aromatic heterocycles. The average Bonchev–Trinajstić information content (AvgIpc) is 2.41. The summed E-state index contributed by atoms with van der Waals surface area (Å²) in [5, 5.41) is 4.10. The van der Waals surface area contributed by atoms with Gasteiger partial charge < -0.3 is 10.1 Å². The second-order valence-electron chi connectivity index (χ2n) is 4.73. The average molecular weight is 269 g/mol. The number of rotatable bonds is 5. The molecule has 1 aromatic carbocycles. The molecule has 0 bridgehead atoms. The zero-order valence-electron chi connectivity index (χ0n) is 10.9. The molecule has 2 rings (SSSR count). The lowest BCUT2D eigenvalue weighted by Gasteiger charge is -2.32. The standard InChI is InChI=1S/C14H21ClN2O/c1-16-13-3-2-8-17(11-13)9-10-18-14-6-4-12(15)5-7-14/h4-7,13,16H,2-3,8-11H2,1H3. The lowest BCUT2D eigenvalue weighted by molar-refractivity contribution is 0.162. The summed E-state index contributed by atoms with van der Waals surface area (Å²) in [6.45, 7) is 4.03. The van der Waals surface area contributed by atoms with Crippen LogP contribution in [0.5, 0.6) is 5.75 Å². The third-order valence-electron chi connectivity index (χ3n) is 3.40. The monoisotopic (exact) mass is 268 g/mol. The van der Waals surface area contributed by atoms with Gasteiger partial charge in [-0.25, -0.2) is 0 Å². The van der Waals surface area contributed by atoms with Crippen molar-refractivity contribution in [1.29, 1.82) is 0 Å². The number of likely N-dealkylation sites (N-methyl/N-ethyl adjacent to an activating group) is 1. The highest BCUT2D eigenvalue weighted by Crippen LogP contribution is 2.15.